The zero-order chi connectivity index (χ0) is 63.4. The number of alkyl halides is 33. The SMILES string of the molecule is CCOC1(F)C2(OC(F)(F)C(F)(F)OC(=O)C(=C(F)F)C(F)(F)F)C(F)(F)C3(F)C(F)(F)C(OC(F)(F)C(F)(F)OC(=O)C(=C(F)F)C(F)(F)F)(C2(F)F)C(F)(F)C1(OC(F)(F)C(F)(F)OC(=O)C(=C(F)F)C(F)(F)F)C3(F)F. The van der Waals surface area contributed by atoms with Crippen LogP contribution >= 0.6 is 0 Å². The molecule has 4 aliphatic carbocycles. The highest BCUT2D eigenvalue weighted by atomic mass is 19.4. The zero-order valence-electron chi connectivity index (χ0n) is 34.5. The van der Waals surface area contributed by atoms with Gasteiger partial charge in [-0.2, -0.15) is 162 Å². The van der Waals surface area contributed by atoms with E-state index in [1.54, 1.807) is 23.7 Å². The molecule has 4 saturated carbocycles. The minimum Gasteiger partial charge on any atom is -0.390 e. The average Bonchev–Trinajstić information content (AvgIpc) is 3.15. The van der Waals surface area contributed by atoms with E-state index in [1.807, 2.05) is 0 Å². The van der Waals surface area contributed by atoms with Gasteiger partial charge < -0.3 is 18.9 Å². The quantitative estimate of drug-likeness (QED) is 0.0603. The van der Waals surface area contributed by atoms with Crippen molar-refractivity contribution in [2.45, 2.75) is 120 Å². The van der Waals surface area contributed by atoms with E-state index in [1.165, 1.54) is 4.74 Å². The van der Waals surface area contributed by atoms with Gasteiger partial charge in [-0.05, 0) is 6.92 Å². The van der Waals surface area contributed by atoms with Crippen molar-refractivity contribution in [3.63, 3.8) is 0 Å². The molecular weight excluding hydrogens is 1260 g/mol. The van der Waals surface area contributed by atoms with E-state index in [2.05, 4.69) is 4.74 Å². The van der Waals surface area contributed by atoms with Gasteiger partial charge in [-0.1, -0.05) is 0 Å². The van der Waals surface area contributed by atoms with E-state index in [0.717, 1.165) is 0 Å². The molecule has 0 radical (unpaired) electrons. The van der Waals surface area contributed by atoms with E-state index >= 15 is 79.0 Å². The Morgan fingerprint density at radius 2 is 0.532 bits per heavy atom. The summed E-state index contributed by atoms with van der Waals surface area (Å²) in [6.45, 7) is -4.26. The maximum absolute atomic E-state index is 17.7. The van der Waals surface area contributed by atoms with Crippen molar-refractivity contribution >= 4 is 17.9 Å². The van der Waals surface area contributed by atoms with Crippen LogP contribution in [0.1, 0.15) is 6.92 Å². The smallest absolute Gasteiger partial charge is 0.390 e. The van der Waals surface area contributed by atoms with E-state index < -0.39 is 180 Å². The van der Waals surface area contributed by atoms with Crippen LogP contribution in [0.5, 0.6) is 0 Å². The van der Waals surface area contributed by atoms with Crippen LogP contribution in [0.3, 0.4) is 0 Å². The number of rotatable bonds is 17. The minimum atomic E-state index is -10.2. The van der Waals surface area contributed by atoms with E-state index in [0.29, 0.717) is 0 Å². The summed E-state index contributed by atoms with van der Waals surface area (Å²) in [6, 6.07) is 0. The van der Waals surface area contributed by atoms with Crippen molar-refractivity contribution in [1.29, 1.82) is 0 Å². The summed E-state index contributed by atoms with van der Waals surface area (Å²) < 4.78 is 589. The van der Waals surface area contributed by atoms with Crippen LogP contribution in [-0.2, 0) is 47.5 Å². The van der Waals surface area contributed by atoms with Gasteiger partial charge in [-0.3, -0.25) is 14.2 Å². The number of ether oxygens (including phenoxy) is 7. The average molecular weight is 1270 g/mol. The Bertz CT molecular complexity index is 2440. The van der Waals surface area contributed by atoms with Crippen LogP contribution in [0.4, 0.5) is 171 Å². The fourth-order valence-corrected chi connectivity index (χ4v) is 7.17. The summed E-state index contributed by atoms with van der Waals surface area (Å²) in [4.78, 5) is 34.6. The molecule has 0 spiro atoms. The molecule has 458 valence electrons. The molecule has 0 N–H and O–H groups in total. The third kappa shape index (κ3) is 8.35. The molecule has 10 nitrogen and oxygen atoms in total. The van der Waals surface area contributed by atoms with Crippen LogP contribution in [0, 0.1) is 0 Å². The fourth-order valence-electron chi connectivity index (χ4n) is 7.17. The number of halogens is 39. The van der Waals surface area contributed by atoms with Crippen molar-refractivity contribution in [1.82, 2.24) is 0 Å². The molecule has 49 heteroatoms. The first-order valence-electron chi connectivity index (χ1n) is 17.6. The van der Waals surface area contributed by atoms with Gasteiger partial charge in [0.15, 0.2) is 0 Å². The molecular formula is C30H5F39O10. The molecule has 0 aromatic rings. The summed E-state index contributed by atoms with van der Waals surface area (Å²) in [6.07, 6.45) is -91.3. The Hall–Kier alpha value is -5.26. The first-order valence-corrected chi connectivity index (χ1v) is 17.6. The maximum Gasteiger partial charge on any atom is 0.496 e. The molecule has 0 aromatic carbocycles. The van der Waals surface area contributed by atoms with Gasteiger partial charge in [0.1, 0.15) is 0 Å². The highest BCUT2D eigenvalue weighted by Crippen LogP contribution is 2.90. The Labute approximate surface area is 399 Å². The third-order valence-corrected chi connectivity index (χ3v) is 10.2. The predicted molar refractivity (Wildman–Crippen MR) is 149 cm³/mol. The van der Waals surface area contributed by atoms with Crippen molar-refractivity contribution in [3.05, 3.63) is 35.0 Å². The first-order chi connectivity index (χ1) is 34.3. The molecule has 2 unspecified atom stereocenters. The Balaban J connectivity index is 2.87. The monoisotopic (exact) mass is 1270 g/mol. The second kappa shape index (κ2) is 18.1. The topological polar surface area (TPSA) is 116 Å². The predicted octanol–water partition coefficient (Wildman–Crippen LogP) is 12.2. The van der Waals surface area contributed by atoms with Crippen LogP contribution in [0.25, 0.3) is 0 Å². The highest BCUT2D eigenvalue weighted by Gasteiger charge is 3.24. The molecule has 0 aliphatic heterocycles. The highest BCUT2D eigenvalue weighted by molar-refractivity contribution is 5.91. The van der Waals surface area contributed by atoms with Gasteiger partial charge in [0, 0.05) is 6.61 Å². The Morgan fingerprint density at radius 3 is 0.722 bits per heavy atom. The molecule has 4 aliphatic rings. The minimum absolute atomic E-state index is 0.810. The van der Waals surface area contributed by atoms with Crippen molar-refractivity contribution in [3.8, 4) is 0 Å². The van der Waals surface area contributed by atoms with Crippen molar-refractivity contribution in [2.24, 2.45) is 0 Å². The molecule has 0 saturated heterocycles. The van der Waals surface area contributed by atoms with Crippen LogP contribution < -0.4 is 0 Å². The third-order valence-electron chi connectivity index (χ3n) is 10.2. The standard InChI is InChI=1S/C30H5F39O10/c1-2-73-24(57)17(78-29(66,67)26(60,61)75-10(71)4(7(33)34)13(40,41)42)20(49,50)15(46)19(47,48)16(22(17,53)54,77-28(64,65)25(58,59)74-9(70)3(6(31)32)12(37,38)39)23(55,56)18(24,21(15,51)52)79-30(68,69)27(62,63)76-11(72)5(8(35)36)14(43,44)45/h2H2,1H3. The van der Waals surface area contributed by atoms with Crippen LogP contribution in [0.15, 0.2) is 35.0 Å². The maximum atomic E-state index is 17.7. The lowest BCUT2D eigenvalue weighted by molar-refractivity contribution is -0.684. The molecule has 4 rings (SSSR count). The van der Waals surface area contributed by atoms with Gasteiger partial charge in [0.25, 0.3) is 40.9 Å². The molecule has 0 heterocycles. The second-order valence-corrected chi connectivity index (χ2v) is 14.6. The lowest BCUT2D eigenvalue weighted by Gasteiger charge is -2.78. The van der Waals surface area contributed by atoms with Gasteiger partial charge >= 0.3 is 108 Å². The van der Waals surface area contributed by atoms with Crippen LogP contribution in [0.2, 0.25) is 0 Å². The number of hydrogen-bond donors (Lipinski definition) is 0. The summed E-state index contributed by atoms with van der Waals surface area (Å²) in [7, 11) is 0. The molecule has 79 heavy (non-hydrogen) atoms. The van der Waals surface area contributed by atoms with Gasteiger partial charge in [-0.25, -0.2) is 23.2 Å². The van der Waals surface area contributed by atoms with Crippen molar-refractivity contribution < 1.29 is 219 Å². The molecule has 2 atom stereocenters. The number of carbonyl (C=O) groups excluding carboxylic acids is 3. The van der Waals surface area contributed by atoms with E-state index in [-0.39, 0.29) is 0 Å². The number of hydrogen-bond acceptors (Lipinski definition) is 10. The lowest BCUT2D eigenvalue weighted by atomic mass is 9.38. The van der Waals surface area contributed by atoms with Gasteiger partial charge in [0.05, 0.1) is 0 Å². The molecule has 0 amide bonds. The molecule has 4 fully saturated rings. The Morgan fingerprint density at radius 1 is 0.329 bits per heavy atom. The zero-order valence-corrected chi connectivity index (χ0v) is 34.5. The summed E-state index contributed by atoms with van der Waals surface area (Å²) >= 11 is 0. The number of esters is 3. The molecule has 0 aromatic heterocycles. The van der Waals surface area contributed by atoms with E-state index in [9.17, 15) is 107 Å². The van der Waals surface area contributed by atoms with Crippen LogP contribution in [-0.4, -0.2) is 138 Å². The van der Waals surface area contributed by atoms with E-state index in [4.69, 9.17) is 0 Å². The summed E-state index contributed by atoms with van der Waals surface area (Å²) in [5, 5.41) is 0. The second-order valence-electron chi connectivity index (χ2n) is 14.6. The fraction of sp³-hybridized carbons (Fsp3) is 0.700. The number of carbonyl (C=O) groups is 3. The van der Waals surface area contributed by atoms with Crippen molar-refractivity contribution in [2.75, 3.05) is 6.61 Å². The largest absolute Gasteiger partial charge is 0.496 e. The Kier molecular flexibility index (Phi) is 15.6. The first kappa shape index (κ1) is 68.0. The van der Waals surface area contributed by atoms with Gasteiger partial charge in [-0.15, -0.1) is 0 Å². The normalized spacial score (nSPS) is 28.4. The lowest BCUT2D eigenvalue weighted by Crippen LogP contribution is -3.13. The summed E-state index contributed by atoms with van der Waals surface area (Å²) in [5.41, 5.74) is -54.2. The summed E-state index contributed by atoms with van der Waals surface area (Å²) in [5.74, 6) is -74.5. The molecule has 4 bridgehead atoms. The van der Waals surface area contributed by atoms with Gasteiger partial charge in [0.2, 0.25) is 16.7 Å².